The topological polar surface area (TPSA) is 51.8 Å². The van der Waals surface area contributed by atoms with E-state index < -0.39 is 0 Å². The zero-order valence-corrected chi connectivity index (χ0v) is 11.4. The van der Waals surface area contributed by atoms with Crippen LogP contribution in [0.5, 0.6) is 0 Å². The van der Waals surface area contributed by atoms with Crippen LogP contribution in [0.25, 0.3) is 10.9 Å². The minimum Gasteiger partial charge on any atom is -0.398 e. The minimum absolute atomic E-state index is 0.632. The van der Waals surface area contributed by atoms with E-state index >= 15 is 0 Å². The summed E-state index contributed by atoms with van der Waals surface area (Å²) in [5.41, 5.74) is 7.53. The Morgan fingerprint density at radius 1 is 1.00 bits per heavy atom. The van der Waals surface area contributed by atoms with Crippen molar-refractivity contribution in [2.75, 3.05) is 5.73 Å². The Hall–Kier alpha value is -1.78. The molecule has 0 aliphatic rings. The molecule has 0 aliphatic heterocycles. The molecule has 0 radical (unpaired) electrons. The van der Waals surface area contributed by atoms with Crippen LogP contribution in [0.4, 0.5) is 5.69 Å². The predicted molar refractivity (Wildman–Crippen MR) is 79.5 cm³/mol. The van der Waals surface area contributed by atoms with Crippen molar-refractivity contribution in [1.29, 1.82) is 0 Å². The van der Waals surface area contributed by atoms with Gasteiger partial charge in [-0.1, -0.05) is 47.6 Å². The second-order valence-corrected chi connectivity index (χ2v) is 5.36. The second kappa shape index (κ2) is 5.07. The molecule has 1 heterocycles. The summed E-state index contributed by atoms with van der Waals surface area (Å²) in [6, 6.07) is 13.3. The van der Waals surface area contributed by atoms with E-state index in [1.807, 2.05) is 42.5 Å². The molecular formula is C14H10ClN3S. The van der Waals surface area contributed by atoms with Gasteiger partial charge < -0.3 is 5.73 Å². The summed E-state index contributed by atoms with van der Waals surface area (Å²) in [5.74, 6) is 0. The van der Waals surface area contributed by atoms with Crippen LogP contribution in [0.1, 0.15) is 0 Å². The zero-order valence-electron chi connectivity index (χ0n) is 9.88. The van der Waals surface area contributed by atoms with Crippen LogP contribution in [-0.2, 0) is 0 Å². The Morgan fingerprint density at radius 3 is 2.68 bits per heavy atom. The average Bonchev–Trinajstić information content (AvgIpc) is 2.43. The number of aromatic nitrogens is 2. The highest BCUT2D eigenvalue weighted by molar-refractivity contribution is 7.99. The quantitative estimate of drug-likeness (QED) is 0.571. The van der Waals surface area contributed by atoms with Gasteiger partial charge in [-0.15, -0.1) is 0 Å². The van der Waals surface area contributed by atoms with Crippen molar-refractivity contribution in [1.82, 2.24) is 9.97 Å². The molecular weight excluding hydrogens is 278 g/mol. The Labute approximate surface area is 119 Å². The van der Waals surface area contributed by atoms with E-state index in [-0.39, 0.29) is 0 Å². The number of rotatable bonds is 2. The lowest BCUT2D eigenvalue weighted by Crippen LogP contribution is -1.91. The van der Waals surface area contributed by atoms with Gasteiger partial charge in [0.2, 0.25) is 0 Å². The summed E-state index contributed by atoms with van der Waals surface area (Å²) < 4.78 is 0. The van der Waals surface area contributed by atoms with Crippen molar-refractivity contribution < 1.29 is 0 Å². The zero-order chi connectivity index (χ0) is 13.2. The molecule has 3 aromatic rings. The number of nitrogens with zero attached hydrogens (tertiary/aromatic N) is 2. The fraction of sp³-hybridized carbons (Fsp3) is 0. The van der Waals surface area contributed by atoms with Crippen LogP contribution in [0, 0.1) is 0 Å². The van der Waals surface area contributed by atoms with Gasteiger partial charge in [0, 0.05) is 11.1 Å². The number of anilines is 1. The molecule has 0 spiro atoms. The van der Waals surface area contributed by atoms with E-state index in [1.54, 1.807) is 6.33 Å². The Morgan fingerprint density at radius 2 is 1.84 bits per heavy atom. The fourth-order valence-corrected chi connectivity index (χ4v) is 3.02. The van der Waals surface area contributed by atoms with Gasteiger partial charge in [0.15, 0.2) is 0 Å². The lowest BCUT2D eigenvalue weighted by atomic mass is 10.2. The maximum Gasteiger partial charge on any atom is 0.117 e. The van der Waals surface area contributed by atoms with Gasteiger partial charge in [-0.25, -0.2) is 9.97 Å². The molecule has 0 unspecified atom stereocenters. The molecule has 1 aromatic heterocycles. The van der Waals surface area contributed by atoms with Gasteiger partial charge in [-0.05, 0) is 18.2 Å². The largest absolute Gasteiger partial charge is 0.398 e. The van der Waals surface area contributed by atoms with Gasteiger partial charge in [-0.2, -0.15) is 0 Å². The SMILES string of the molecule is Nc1cccc(Cl)c1Sc1ncnc2ccccc12. The third-order valence-electron chi connectivity index (χ3n) is 2.70. The van der Waals surface area contributed by atoms with E-state index in [1.165, 1.54) is 11.8 Å². The summed E-state index contributed by atoms with van der Waals surface area (Å²) in [7, 11) is 0. The molecule has 94 valence electrons. The Kier molecular flexibility index (Phi) is 3.27. The molecule has 19 heavy (non-hydrogen) atoms. The third-order valence-corrected chi connectivity index (χ3v) is 4.31. The van der Waals surface area contributed by atoms with Crippen LogP contribution in [0.3, 0.4) is 0 Å². The standard InChI is InChI=1S/C14H10ClN3S/c15-10-5-3-6-11(16)13(10)19-14-9-4-1-2-7-12(9)17-8-18-14/h1-8H,16H2. The summed E-state index contributed by atoms with van der Waals surface area (Å²) in [6.07, 6.45) is 1.55. The first-order valence-corrected chi connectivity index (χ1v) is 6.87. The first kappa shape index (κ1) is 12.3. The maximum absolute atomic E-state index is 6.19. The van der Waals surface area contributed by atoms with E-state index in [2.05, 4.69) is 9.97 Å². The first-order chi connectivity index (χ1) is 9.25. The van der Waals surface area contributed by atoms with Crippen molar-refractivity contribution >= 4 is 40.0 Å². The van der Waals surface area contributed by atoms with E-state index in [9.17, 15) is 0 Å². The van der Waals surface area contributed by atoms with Crippen LogP contribution in [0.2, 0.25) is 5.02 Å². The molecule has 0 amide bonds. The van der Waals surface area contributed by atoms with Crippen molar-refractivity contribution in [2.24, 2.45) is 0 Å². The highest BCUT2D eigenvalue weighted by Gasteiger charge is 2.10. The van der Waals surface area contributed by atoms with Crippen molar-refractivity contribution in [3.8, 4) is 0 Å². The second-order valence-electron chi connectivity index (χ2n) is 3.96. The third kappa shape index (κ3) is 2.37. The first-order valence-electron chi connectivity index (χ1n) is 5.67. The number of hydrogen-bond donors (Lipinski definition) is 1. The van der Waals surface area contributed by atoms with Crippen molar-refractivity contribution in [3.05, 3.63) is 53.8 Å². The highest BCUT2D eigenvalue weighted by atomic mass is 35.5. The summed E-state index contributed by atoms with van der Waals surface area (Å²) in [5, 5.41) is 2.48. The van der Waals surface area contributed by atoms with Gasteiger partial charge in [0.25, 0.3) is 0 Å². The van der Waals surface area contributed by atoms with Gasteiger partial charge in [0.1, 0.15) is 11.4 Å². The number of fused-ring (bicyclic) bond motifs is 1. The van der Waals surface area contributed by atoms with Crippen LogP contribution in [-0.4, -0.2) is 9.97 Å². The van der Waals surface area contributed by atoms with Crippen LogP contribution >= 0.6 is 23.4 Å². The number of nitrogen functional groups attached to an aromatic ring is 1. The highest BCUT2D eigenvalue weighted by Crippen LogP contribution is 2.38. The maximum atomic E-state index is 6.19. The number of hydrogen-bond acceptors (Lipinski definition) is 4. The average molecular weight is 288 g/mol. The number of para-hydroxylation sites is 1. The van der Waals surface area contributed by atoms with E-state index in [0.29, 0.717) is 10.7 Å². The lowest BCUT2D eigenvalue weighted by Gasteiger charge is -2.08. The van der Waals surface area contributed by atoms with Crippen molar-refractivity contribution in [2.45, 2.75) is 9.92 Å². The molecule has 2 N–H and O–H groups in total. The Balaban J connectivity index is 2.11. The Bertz CT molecular complexity index is 720. The minimum atomic E-state index is 0.632. The van der Waals surface area contributed by atoms with Gasteiger partial charge in [-0.3, -0.25) is 0 Å². The van der Waals surface area contributed by atoms with Crippen LogP contribution < -0.4 is 5.73 Å². The molecule has 0 bridgehead atoms. The number of halogens is 1. The normalized spacial score (nSPS) is 10.8. The molecule has 3 nitrogen and oxygen atoms in total. The number of benzene rings is 2. The van der Waals surface area contributed by atoms with Gasteiger partial charge >= 0.3 is 0 Å². The lowest BCUT2D eigenvalue weighted by molar-refractivity contribution is 1.10. The number of nitrogens with two attached hydrogens (primary N) is 1. The molecule has 0 saturated heterocycles. The summed E-state index contributed by atoms with van der Waals surface area (Å²) >= 11 is 7.65. The monoisotopic (exact) mass is 287 g/mol. The summed E-state index contributed by atoms with van der Waals surface area (Å²) in [6.45, 7) is 0. The van der Waals surface area contributed by atoms with Crippen molar-refractivity contribution in [3.63, 3.8) is 0 Å². The van der Waals surface area contributed by atoms with E-state index in [4.69, 9.17) is 17.3 Å². The van der Waals surface area contributed by atoms with Crippen LogP contribution in [0.15, 0.2) is 58.7 Å². The smallest absolute Gasteiger partial charge is 0.117 e. The molecule has 0 fully saturated rings. The van der Waals surface area contributed by atoms with E-state index in [0.717, 1.165) is 20.8 Å². The molecule has 5 heteroatoms. The molecule has 2 aromatic carbocycles. The molecule has 0 atom stereocenters. The molecule has 0 aliphatic carbocycles. The van der Waals surface area contributed by atoms with Gasteiger partial charge in [0.05, 0.1) is 15.4 Å². The molecule has 3 rings (SSSR count). The predicted octanol–water partition coefficient (Wildman–Crippen LogP) is 4.02. The molecule has 0 saturated carbocycles. The fourth-order valence-electron chi connectivity index (χ4n) is 1.79. The summed E-state index contributed by atoms with van der Waals surface area (Å²) in [4.78, 5) is 9.39.